The van der Waals surface area contributed by atoms with E-state index in [2.05, 4.69) is 20.8 Å². The number of carbonyl (C=O) groups is 1. The first kappa shape index (κ1) is 15.3. The normalized spacial score (nSPS) is 39.5. The average Bonchev–Trinajstić information content (AvgIpc) is 2.53. The fraction of sp³-hybridized carbons (Fsp3) is 0.941. The standard InChI is InChI=1S/C17H30N2O2/c1-4-12-7-9-19(10-8-12)15(20)17(18)13-6-5-11-21-14(13)16(17,2)3/h12-14H,4-11,18H2,1-3H3. The van der Waals surface area contributed by atoms with Crippen molar-refractivity contribution in [3.05, 3.63) is 0 Å². The van der Waals surface area contributed by atoms with Crippen molar-refractivity contribution < 1.29 is 9.53 Å². The number of nitrogens with zero attached hydrogens (tertiary/aromatic N) is 1. The van der Waals surface area contributed by atoms with Crippen molar-refractivity contribution in [1.82, 2.24) is 4.90 Å². The third kappa shape index (κ3) is 2.06. The smallest absolute Gasteiger partial charge is 0.243 e. The number of piperidine rings is 1. The lowest BCUT2D eigenvalue weighted by molar-refractivity contribution is -0.230. The highest BCUT2D eigenvalue weighted by atomic mass is 16.5. The maximum absolute atomic E-state index is 13.1. The molecule has 0 spiro atoms. The van der Waals surface area contributed by atoms with Gasteiger partial charge in [-0.15, -0.1) is 0 Å². The summed E-state index contributed by atoms with van der Waals surface area (Å²) in [4.78, 5) is 15.1. The first-order valence-electron chi connectivity index (χ1n) is 8.62. The third-order valence-electron chi connectivity index (χ3n) is 6.52. The lowest BCUT2D eigenvalue weighted by Gasteiger charge is -2.66. The fourth-order valence-electron chi connectivity index (χ4n) is 4.82. The van der Waals surface area contributed by atoms with Crippen LogP contribution in [-0.4, -0.2) is 42.1 Å². The van der Waals surface area contributed by atoms with Gasteiger partial charge in [-0.25, -0.2) is 0 Å². The van der Waals surface area contributed by atoms with Gasteiger partial charge in [-0.3, -0.25) is 4.79 Å². The Labute approximate surface area is 128 Å². The molecule has 4 nitrogen and oxygen atoms in total. The highest BCUT2D eigenvalue weighted by Gasteiger charge is 2.70. The van der Waals surface area contributed by atoms with Crippen molar-refractivity contribution in [2.24, 2.45) is 23.0 Å². The maximum Gasteiger partial charge on any atom is 0.243 e. The van der Waals surface area contributed by atoms with Crippen molar-refractivity contribution in [3.63, 3.8) is 0 Å². The number of likely N-dealkylation sites (tertiary alicyclic amines) is 1. The van der Waals surface area contributed by atoms with Gasteiger partial charge in [0.1, 0.15) is 5.54 Å². The van der Waals surface area contributed by atoms with E-state index in [9.17, 15) is 4.79 Å². The number of fused-ring (bicyclic) bond motifs is 1. The molecule has 1 saturated carbocycles. The van der Waals surface area contributed by atoms with E-state index in [4.69, 9.17) is 10.5 Å². The maximum atomic E-state index is 13.1. The van der Waals surface area contributed by atoms with E-state index in [0.29, 0.717) is 0 Å². The second kappa shape index (κ2) is 5.24. The molecule has 2 heterocycles. The summed E-state index contributed by atoms with van der Waals surface area (Å²) in [5.41, 5.74) is 5.73. The molecule has 3 aliphatic rings. The topological polar surface area (TPSA) is 55.6 Å². The molecule has 3 rings (SSSR count). The quantitative estimate of drug-likeness (QED) is 0.849. The van der Waals surface area contributed by atoms with Gasteiger partial charge in [0.2, 0.25) is 5.91 Å². The van der Waals surface area contributed by atoms with Gasteiger partial charge in [0.05, 0.1) is 6.10 Å². The fourth-order valence-corrected chi connectivity index (χ4v) is 4.82. The van der Waals surface area contributed by atoms with Crippen molar-refractivity contribution in [3.8, 4) is 0 Å². The van der Waals surface area contributed by atoms with Crippen LogP contribution >= 0.6 is 0 Å². The van der Waals surface area contributed by atoms with E-state index in [0.717, 1.165) is 51.3 Å². The first-order chi connectivity index (χ1) is 9.92. The van der Waals surface area contributed by atoms with Crippen molar-refractivity contribution in [1.29, 1.82) is 0 Å². The van der Waals surface area contributed by atoms with Crippen LogP contribution in [0.5, 0.6) is 0 Å². The van der Waals surface area contributed by atoms with Crippen LogP contribution in [0.2, 0.25) is 0 Å². The molecule has 3 atom stereocenters. The molecule has 3 unspecified atom stereocenters. The lowest BCUT2D eigenvalue weighted by atomic mass is 9.46. The Morgan fingerprint density at radius 1 is 1.29 bits per heavy atom. The average molecular weight is 294 g/mol. The zero-order valence-electron chi connectivity index (χ0n) is 13.7. The van der Waals surface area contributed by atoms with Crippen LogP contribution in [-0.2, 0) is 9.53 Å². The monoisotopic (exact) mass is 294 g/mol. The highest BCUT2D eigenvalue weighted by molar-refractivity contribution is 5.89. The molecule has 0 aromatic heterocycles. The zero-order chi connectivity index (χ0) is 15.3. The summed E-state index contributed by atoms with van der Waals surface area (Å²) < 4.78 is 5.91. The van der Waals surface area contributed by atoms with Gasteiger partial charge >= 0.3 is 0 Å². The van der Waals surface area contributed by atoms with Crippen LogP contribution in [0.25, 0.3) is 0 Å². The Hall–Kier alpha value is -0.610. The molecule has 1 aliphatic carbocycles. The Balaban J connectivity index is 1.74. The lowest BCUT2D eigenvalue weighted by Crippen LogP contribution is -2.82. The number of rotatable bonds is 2. The predicted molar refractivity (Wildman–Crippen MR) is 82.8 cm³/mol. The number of carbonyl (C=O) groups excluding carboxylic acids is 1. The van der Waals surface area contributed by atoms with E-state index in [1.165, 1.54) is 6.42 Å². The van der Waals surface area contributed by atoms with Gasteiger partial charge in [0, 0.05) is 31.0 Å². The molecule has 2 aliphatic heterocycles. The summed E-state index contributed by atoms with van der Waals surface area (Å²) in [6, 6.07) is 0. The summed E-state index contributed by atoms with van der Waals surface area (Å²) >= 11 is 0. The number of amides is 1. The van der Waals surface area contributed by atoms with E-state index >= 15 is 0 Å². The Morgan fingerprint density at radius 3 is 2.57 bits per heavy atom. The van der Waals surface area contributed by atoms with Crippen molar-refractivity contribution in [2.45, 2.75) is 64.5 Å². The van der Waals surface area contributed by atoms with Crippen LogP contribution in [0.4, 0.5) is 0 Å². The second-order valence-corrected chi connectivity index (χ2v) is 7.77. The molecule has 3 fully saturated rings. The minimum atomic E-state index is -0.725. The van der Waals surface area contributed by atoms with E-state index in [1.54, 1.807) is 0 Å². The number of nitrogens with two attached hydrogens (primary N) is 1. The van der Waals surface area contributed by atoms with Crippen molar-refractivity contribution >= 4 is 5.91 Å². The SMILES string of the molecule is CCC1CCN(C(=O)C2(N)C3CCCOC3C2(C)C)CC1. The molecule has 1 amide bonds. The number of hydrogen-bond donors (Lipinski definition) is 1. The third-order valence-corrected chi connectivity index (χ3v) is 6.52. The molecule has 0 aromatic carbocycles. The van der Waals surface area contributed by atoms with Gasteiger partial charge in [-0.2, -0.15) is 0 Å². The largest absolute Gasteiger partial charge is 0.377 e. The Kier molecular flexibility index (Phi) is 3.81. The highest BCUT2D eigenvalue weighted by Crippen LogP contribution is 2.58. The molecule has 2 saturated heterocycles. The molecule has 120 valence electrons. The summed E-state index contributed by atoms with van der Waals surface area (Å²) in [7, 11) is 0. The minimum absolute atomic E-state index is 0.161. The number of ether oxygens (including phenoxy) is 1. The summed E-state index contributed by atoms with van der Waals surface area (Å²) in [5.74, 6) is 1.16. The van der Waals surface area contributed by atoms with Gasteiger partial charge < -0.3 is 15.4 Å². The van der Waals surface area contributed by atoms with E-state index in [1.807, 2.05) is 4.90 Å². The molecule has 2 N–H and O–H groups in total. The molecule has 0 aromatic rings. The predicted octanol–water partition coefficient (Wildman–Crippen LogP) is 2.17. The summed E-state index contributed by atoms with van der Waals surface area (Å²) in [6.07, 6.45) is 5.70. The molecule has 0 radical (unpaired) electrons. The first-order valence-corrected chi connectivity index (χ1v) is 8.62. The molecule has 21 heavy (non-hydrogen) atoms. The minimum Gasteiger partial charge on any atom is -0.377 e. The summed E-state index contributed by atoms with van der Waals surface area (Å²) in [5, 5.41) is 0. The zero-order valence-corrected chi connectivity index (χ0v) is 13.7. The molecular formula is C17H30N2O2. The Morgan fingerprint density at radius 2 is 1.95 bits per heavy atom. The molecule has 0 bridgehead atoms. The van der Waals surface area contributed by atoms with Gasteiger partial charge in [0.15, 0.2) is 0 Å². The molecular weight excluding hydrogens is 264 g/mol. The van der Waals surface area contributed by atoms with Crippen LogP contribution in [0.15, 0.2) is 0 Å². The Bertz CT molecular complexity index is 415. The van der Waals surface area contributed by atoms with Crippen molar-refractivity contribution in [2.75, 3.05) is 19.7 Å². The van der Waals surface area contributed by atoms with Gasteiger partial charge in [-0.1, -0.05) is 27.2 Å². The van der Waals surface area contributed by atoms with Gasteiger partial charge in [-0.05, 0) is 31.6 Å². The number of hydrogen-bond acceptors (Lipinski definition) is 3. The van der Waals surface area contributed by atoms with Crippen LogP contribution in [0, 0.1) is 17.3 Å². The van der Waals surface area contributed by atoms with Gasteiger partial charge in [0.25, 0.3) is 0 Å². The van der Waals surface area contributed by atoms with Crippen LogP contribution in [0.1, 0.15) is 52.9 Å². The van der Waals surface area contributed by atoms with E-state index < -0.39 is 5.54 Å². The van der Waals surface area contributed by atoms with Crippen LogP contribution in [0.3, 0.4) is 0 Å². The summed E-state index contributed by atoms with van der Waals surface area (Å²) in [6.45, 7) is 9.03. The molecule has 4 heteroatoms. The second-order valence-electron chi connectivity index (χ2n) is 7.77. The van der Waals surface area contributed by atoms with E-state index in [-0.39, 0.29) is 23.3 Å². The van der Waals surface area contributed by atoms with Crippen LogP contribution < -0.4 is 5.73 Å².